The summed E-state index contributed by atoms with van der Waals surface area (Å²) >= 11 is 1.77. The van der Waals surface area contributed by atoms with Crippen LogP contribution in [0.1, 0.15) is 23.4 Å². The maximum Gasteiger partial charge on any atom is 0.137 e. The van der Waals surface area contributed by atoms with Crippen molar-refractivity contribution in [2.75, 3.05) is 24.3 Å². The van der Waals surface area contributed by atoms with E-state index in [-0.39, 0.29) is 0 Å². The predicted molar refractivity (Wildman–Crippen MR) is 77.5 cm³/mol. The molecule has 0 aliphatic rings. The van der Waals surface area contributed by atoms with Crippen LogP contribution in [0.2, 0.25) is 0 Å². The van der Waals surface area contributed by atoms with Crippen molar-refractivity contribution in [3.8, 4) is 0 Å². The summed E-state index contributed by atoms with van der Waals surface area (Å²) in [7, 11) is 3.95. The minimum Gasteiger partial charge on any atom is -0.373 e. The number of aromatic nitrogens is 2. The van der Waals surface area contributed by atoms with Gasteiger partial charge in [0, 0.05) is 24.5 Å². The fraction of sp³-hybridized carbons (Fsp3) is 0.385. The quantitative estimate of drug-likeness (QED) is 0.919. The number of hydrogen-bond donors (Lipinski definition) is 1. The third-order valence-corrected chi connectivity index (χ3v) is 4.21. The lowest BCUT2D eigenvalue weighted by Crippen LogP contribution is -2.23. The lowest BCUT2D eigenvalue weighted by molar-refractivity contribution is 0.737. The average molecular weight is 262 g/mol. The van der Waals surface area contributed by atoms with E-state index in [0.29, 0.717) is 6.04 Å². The maximum atomic E-state index is 4.40. The zero-order chi connectivity index (χ0) is 13.1. The smallest absolute Gasteiger partial charge is 0.137 e. The number of hydrogen-bond acceptors (Lipinski definition) is 5. The van der Waals surface area contributed by atoms with Crippen molar-refractivity contribution in [2.24, 2.45) is 0 Å². The standard InChI is InChI=1S/C13H18N4S/c1-9-12(14-3)15-8-16-13(9)17(4)10(2)11-6-5-7-18-11/h5-8,10H,1-4H3,(H,14,15,16). The molecule has 0 bridgehead atoms. The van der Waals surface area contributed by atoms with E-state index in [1.807, 2.05) is 14.0 Å². The van der Waals surface area contributed by atoms with E-state index in [1.54, 1.807) is 17.7 Å². The van der Waals surface area contributed by atoms with E-state index in [9.17, 15) is 0 Å². The molecule has 0 aliphatic heterocycles. The number of thiophene rings is 1. The average Bonchev–Trinajstić information content (AvgIpc) is 2.91. The number of anilines is 2. The zero-order valence-electron chi connectivity index (χ0n) is 11.1. The summed E-state index contributed by atoms with van der Waals surface area (Å²) in [5, 5.41) is 5.19. The van der Waals surface area contributed by atoms with Gasteiger partial charge >= 0.3 is 0 Å². The van der Waals surface area contributed by atoms with Crippen molar-refractivity contribution >= 4 is 23.0 Å². The highest BCUT2D eigenvalue weighted by Crippen LogP contribution is 2.30. The van der Waals surface area contributed by atoms with Crippen molar-refractivity contribution in [2.45, 2.75) is 19.9 Å². The molecule has 0 amide bonds. The molecule has 4 nitrogen and oxygen atoms in total. The van der Waals surface area contributed by atoms with E-state index in [4.69, 9.17) is 0 Å². The van der Waals surface area contributed by atoms with Crippen LogP contribution < -0.4 is 10.2 Å². The van der Waals surface area contributed by atoms with Crippen LogP contribution in [0.25, 0.3) is 0 Å². The van der Waals surface area contributed by atoms with Gasteiger partial charge in [0.25, 0.3) is 0 Å². The van der Waals surface area contributed by atoms with Crippen LogP contribution in [0, 0.1) is 6.92 Å². The van der Waals surface area contributed by atoms with Crippen molar-refractivity contribution < 1.29 is 0 Å². The third kappa shape index (κ3) is 2.31. The van der Waals surface area contributed by atoms with Crippen LogP contribution >= 0.6 is 11.3 Å². The maximum absolute atomic E-state index is 4.40. The van der Waals surface area contributed by atoms with Crippen LogP contribution in [-0.4, -0.2) is 24.1 Å². The van der Waals surface area contributed by atoms with Gasteiger partial charge in [-0.05, 0) is 25.3 Å². The molecule has 0 saturated carbocycles. The van der Waals surface area contributed by atoms with E-state index in [0.717, 1.165) is 17.2 Å². The Labute approximate surface area is 112 Å². The Hall–Kier alpha value is -1.62. The molecule has 0 aliphatic carbocycles. The first-order valence-electron chi connectivity index (χ1n) is 5.90. The molecule has 1 atom stereocenters. The number of rotatable bonds is 4. The second kappa shape index (κ2) is 5.35. The highest BCUT2D eigenvalue weighted by molar-refractivity contribution is 7.10. The van der Waals surface area contributed by atoms with Crippen LogP contribution in [0.4, 0.5) is 11.6 Å². The lowest BCUT2D eigenvalue weighted by atomic mass is 10.2. The highest BCUT2D eigenvalue weighted by Gasteiger charge is 2.17. The number of nitrogens with zero attached hydrogens (tertiary/aromatic N) is 3. The molecule has 1 unspecified atom stereocenters. The molecule has 1 N–H and O–H groups in total. The van der Waals surface area contributed by atoms with Crippen molar-refractivity contribution in [1.82, 2.24) is 9.97 Å². The van der Waals surface area contributed by atoms with E-state index < -0.39 is 0 Å². The summed E-state index contributed by atoms with van der Waals surface area (Å²) < 4.78 is 0. The van der Waals surface area contributed by atoms with Gasteiger partial charge in [0.1, 0.15) is 18.0 Å². The van der Waals surface area contributed by atoms with Gasteiger partial charge in [0.15, 0.2) is 0 Å². The van der Waals surface area contributed by atoms with Crippen LogP contribution in [0.5, 0.6) is 0 Å². The Morgan fingerprint density at radius 2 is 2.17 bits per heavy atom. The van der Waals surface area contributed by atoms with E-state index in [1.165, 1.54) is 4.88 Å². The first kappa shape index (κ1) is 12.8. The Morgan fingerprint density at radius 1 is 1.39 bits per heavy atom. The zero-order valence-corrected chi connectivity index (χ0v) is 12.0. The molecular weight excluding hydrogens is 244 g/mol. The summed E-state index contributed by atoms with van der Waals surface area (Å²) in [5.74, 6) is 1.85. The molecule has 0 spiro atoms. The van der Waals surface area contributed by atoms with Gasteiger partial charge in [0.2, 0.25) is 0 Å². The first-order chi connectivity index (χ1) is 8.65. The second-order valence-electron chi connectivity index (χ2n) is 4.22. The lowest BCUT2D eigenvalue weighted by Gasteiger charge is -2.26. The highest BCUT2D eigenvalue weighted by atomic mass is 32.1. The first-order valence-corrected chi connectivity index (χ1v) is 6.78. The fourth-order valence-electron chi connectivity index (χ4n) is 1.95. The topological polar surface area (TPSA) is 41.1 Å². The van der Waals surface area contributed by atoms with Crippen LogP contribution in [0.15, 0.2) is 23.8 Å². The Balaban J connectivity index is 2.31. The minimum atomic E-state index is 0.309. The fourth-order valence-corrected chi connectivity index (χ4v) is 2.78. The molecule has 2 heterocycles. The van der Waals surface area contributed by atoms with Crippen LogP contribution in [-0.2, 0) is 0 Å². The molecule has 2 aromatic rings. The Morgan fingerprint density at radius 3 is 2.78 bits per heavy atom. The third-order valence-electron chi connectivity index (χ3n) is 3.16. The molecular formula is C13H18N4S. The van der Waals surface area contributed by atoms with Gasteiger partial charge in [-0.15, -0.1) is 11.3 Å². The second-order valence-corrected chi connectivity index (χ2v) is 5.20. The molecule has 5 heteroatoms. The summed E-state index contributed by atoms with van der Waals surface area (Å²) in [6.07, 6.45) is 1.60. The number of nitrogens with one attached hydrogen (secondary N) is 1. The largest absolute Gasteiger partial charge is 0.373 e. The molecule has 0 radical (unpaired) electrons. The van der Waals surface area contributed by atoms with Gasteiger partial charge in [-0.3, -0.25) is 0 Å². The Bertz CT molecular complexity index is 510. The van der Waals surface area contributed by atoms with E-state index in [2.05, 4.69) is 51.7 Å². The van der Waals surface area contributed by atoms with Gasteiger partial charge in [-0.1, -0.05) is 6.07 Å². The minimum absolute atomic E-state index is 0.309. The summed E-state index contributed by atoms with van der Waals surface area (Å²) in [5.41, 5.74) is 1.07. The van der Waals surface area contributed by atoms with Gasteiger partial charge in [-0.2, -0.15) is 0 Å². The van der Waals surface area contributed by atoms with Gasteiger partial charge in [-0.25, -0.2) is 9.97 Å². The van der Waals surface area contributed by atoms with Crippen molar-refractivity contribution in [1.29, 1.82) is 0 Å². The molecule has 0 fully saturated rings. The summed E-state index contributed by atoms with van der Waals surface area (Å²) in [6, 6.07) is 4.54. The molecule has 96 valence electrons. The Kier molecular flexibility index (Phi) is 3.81. The summed E-state index contributed by atoms with van der Waals surface area (Å²) in [4.78, 5) is 12.1. The van der Waals surface area contributed by atoms with E-state index >= 15 is 0 Å². The normalized spacial score (nSPS) is 12.2. The van der Waals surface area contributed by atoms with Crippen LogP contribution in [0.3, 0.4) is 0 Å². The molecule has 2 rings (SSSR count). The summed E-state index contributed by atoms with van der Waals surface area (Å²) in [6.45, 7) is 4.23. The van der Waals surface area contributed by atoms with Gasteiger partial charge < -0.3 is 10.2 Å². The van der Waals surface area contributed by atoms with Gasteiger partial charge in [0.05, 0.1) is 6.04 Å². The predicted octanol–water partition coefficient (Wildman–Crippen LogP) is 3.09. The molecule has 2 aromatic heterocycles. The SMILES string of the molecule is CNc1ncnc(N(C)C(C)c2cccs2)c1C. The molecule has 18 heavy (non-hydrogen) atoms. The van der Waals surface area contributed by atoms with Crippen molar-refractivity contribution in [3.63, 3.8) is 0 Å². The van der Waals surface area contributed by atoms with Crippen molar-refractivity contribution in [3.05, 3.63) is 34.3 Å². The molecule has 0 saturated heterocycles. The molecule has 0 aromatic carbocycles. The monoisotopic (exact) mass is 262 g/mol.